The normalized spacial score (nSPS) is 19.8. The van der Waals surface area contributed by atoms with E-state index in [1.54, 1.807) is 6.92 Å². The largest absolute Gasteiger partial charge is 0.340 e. The number of amides is 1. The summed E-state index contributed by atoms with van der Waals surface area (Å²) in [5.74, 6) is 0.118. The zero-order valence-electron chi connectivity index (χ0n) is 9.96. The first-order valence-corrected chi connectivity index (χ1v) is 6.49. The van der Waals surface area contributed by atoms with Crippen molar-refractivity contribution in [2.75, 3.05) is 6.54 Å². The van der Waals surface area contributed by atoms with E-state index in [2.05, 4.69) is 0 Å². The summed E-state index contributed by atoms with van der Waals surface area (Å²) in [6.07, 6.45) is 1.62. The molecule has 1 heterocycles. The van der Waals surface area contributed by atoms with Crippen LogP contribution in [0.2, 0.25) is 10.0 Å². The van der Waals surface area contributed by atoms with E-state index >= 15 is 0 Å². The highest BCUT2D eigenvalue weighted by atomic mass is 35.5. The van der Waals surface area contributed by atoms with Crippen LogP contribution in [0, 0.1) is 0 Å². The van der Waals surface area contributed by atoms with Crippen LogP contribution in [0.4, 0.5) is 0 Å². The highest BCUT2D eigenvalue weighted by molar-refractivity contribution is 6.42. The Labute approximate surface area is 112 Å². The van der Waals surface area contributed by atoms with Crippen molar-refractivity contribution in [1.82, 2.24) is 4.90 Å². The van der Waals surface area contributed by atoms with Crippen molar-refractivity contribution in [3.8, 4) is 0 Å². The lowest BCUT2D eigenvalue weighted by atomic mass is 10.0. The molecule has 92 valence electrons. The maximum Gasteiger partial charge on any atom is 0.219 e. The predicted molar refractivity (Wildman–Crippen MR) is 70.7 cm³/mol. The zero-order valence-corrected chi connectivity index (χ0v) is 11.5. The minimum atomic E-state index is 0.118. The van der Waals surface area contributed by atoms with Gasteiger partial charge in [0.1, 0.15) is 0 Å². The summed E-state index contributed by atoms with van der Waals surface area (Å²) in [7, 11) is 0. The number of halogens is 2. The first-order chi connectivity index (χ1) is 8.00. The SMILES string of the molecule is CC(=O)N1CCc2ccc(Cl)c(Cl)c2C[C@@H]1C. The Hall–Kier alpha value is -0.730. The first kappa shape index (κ1) is 12.7. The summed E-state index contributed by atoms with van der Waals surface area (Å²) in [5, 5.41) is 1.23. The van der Waals surface area contributed by atoms with Gasteiger partial charge in [-0.1, -0.05) is 29.3 Å². The Morgan fingerprint density at radius 1 is 1.41 bits per heavy atom. The molecule has 0 N–H and O–H groups in total. The summed E-state index contributed by atoms with van der Waals surface area (Å²) >= 11 is 12.3. The van der Waals surface area contributed by atoms with E-state index in [0.717, 1.165) is 24.9 Å². The zero-order chi connectivity index (χ0) is 12.6. The van der Waals surface area contributed by atoms with E-state index < -0.39 is 0 Å². The molecule has 1 aromatic carbocycles. The summed E-state index contributed by atoms with van der Waals surface area (Å²) in [6, 6.07) is 4.02. The van der Waals surface area contributed by atoms with Gasteiger partial charge >= 0.3 is 0 Å². The average molecular weight is 272 g/mol. The maximum atomic E-state index is 11.5. The molecule has 0 fully saturated rings. The second-order valence-corrected chi connectivity index (χ2v) is 5.30. The molecule has 4 heteroatoms. The molecular formula is C13H15Cl2NO. The van der Waals surface area contributed by atoms with Gasteiger partial charge in [-0.05, 0) is 37.0 Å². The van der Waals surface area contributed by atoms with Crippen molar-refractivity contribution in [3.05, 3.63) is 33.3 Å². The van der Waals surface area contributed by atoms with E-state index in [-0.39, 0.29) is 11.9 Å². The Morgan fingerprint density at radius 2 is 2.12 bits per heavy atom. The van der Waals surface area contributed by atoms with Crippen LogP contribution < -0.4 is 0 Å². The molecule has 0 saturated heterocycles. The van der Waals surface area contributed by atoms with Crippen molar-refractivity contribution in [2.24, 2.45) is 0 Å². The molecule has 1 aromatic rings. The third-order valence-electron chi connectivity index (χ3n) is 3.35. The predicted octanol–water partition coefficient (Wildman–Crippen LogP) is 3.33. The summed E-state index contributed by atoms with van der Waals surface area (Å²) in [4.78, 5) is 13.4. The van der Waals surface area contributed by atoms with Crippen LogP contribution in [-0.4, -0.2) is 23.4 Å². The monoisotopic (exact) mass is 271 g/mol. The van der Waals surface area contributed by atoms with Crippen molar-refractivity contribution in [1.29, 1.82) is 0 Å². The third kappa shape index (κ3) is 2.43. The minimum absolute atomic E-state index is 0.118. The van der Waals surface area contributed by atoms with Crippen LogP contribution in [0.5, 0.6) is 0 Å². The number of nitrogens with zero attached hydrogens (tertiary/aromatic N) is 1. The number of rotatable bonds is 0. The van der Waals surface area contributed by atoms with Crippen LogP contribution in [0.15, 0.2) is 12.1 Å². The fourth-order valence-corrected chi connectivity index (χ4v) is 2.86. The molecule has 17 heavy (non-hydrogen) atoms. The highest BCUT2D eigenvalue weighted by Gasteiger charge is 2.24. The van der Waals surface area contributed by atoms with Gasteiger partial charge in [-0.2, -0.15) is 0 Å². The second kappa shape index (κ2) is 4.87. The second-order valence-electron chi connectivity index (χ2n) is 4.51. The molecule has 0 saturated carbocycles. The van der Waals surface area contributed by atoms with Gasteiger partial charge < -0.3 is 4.90 Å². The Bertz CT molecular complexity index is 459. The maximum absolute atomic E-state index is 11.5. The van der Waals surface area contributed by atoms with Crippen molar-refractivity contribution >= 4 is 29.1 Å². The molecule has 2 nitrogen and oxygen atoms in total. The third-order valence-corrected chi connectivity index (χ3v) is 4.19. The van der Waals surface area contributed by atoms with Gasteiger partial charge in [0.15, 0.2) is 0 Å². The first-order valence-electron chi connectivity index (χ1n) is 5.73. The van der Waals surface area contributed by atoms with Crippen LogP contribution in [0.25, 0.3) is 0 Å². The standard InChI is InChI=1S/C13H15Cl2NO/c1-8-7-11-10(3-4-12(14)13(11)15)5-6-16(8)9(2)17/h3-4,8H,5-7H2,1-2H3/t8-/m0/s1. The summed E-state index contributed by atoms with van der Waals surface area (Å²) in [5.41, 5.74) is 2.30. The number of hydrogen-bond donors (Lipinski definition) is 0. The number of fused-ring (bicyclic) bond motifs is 1. The van der Waals surface area contributed by atoms with Crippen molar-refractivity contribution in [2.45, 2.75) is 32.7 Å². The Morgan fingerprint density at radius 3 is 2.76 bits per heavy atom. The van der Waals surface area contributed by atoms with Gasteiger partial charge in [0, 0.05) is 19.5 Å². The number of hydrogen-bond acceptors (Lipinski definition) is 1. The quantitative estimate of drug-likeness (QED) is 0.709. The molecule has 0 spiro atoms. The molecule has 1 aliphatic heterocycles. The van der Waals surface area contributed by atoms with E-state index in [4.69, 9.17) is 23.2 Å². The molecule has 2 rings (SSSR count). The molecule has 0 bridgehead atoms. The lowest BCUT2D eigenvalue weighted by Gasteiger charge is -2.25. The van der Waals surface area contributed by atoms with Gasteiger partial charge in [0.25, 0.3) is 0 Å². The smallest absolute Gasteiger partial charge is 0.219 e. The van der Waals surface area contributed by atoms with Gasteiger partial charge in [-0.3, -0.25) is 4.79 Å². The van der Waals surface area contributed by atoms with Gasteiger partial charge in [0.2, 0.25) is 5.91 Å². The molecule has 1 amide bonds. The van der Waals surface area contributed by atoms with Crippen LogP contribution in [0.1, 0.15) is 25.0 Å². The molecule has 0 unspecified atom stereocenters. The molecule has 1 aliphatic rings. The van der Waals surface area contributed by atoms with Crippen LogP contribution in [-0.2, 0) is 17.6 Å². The van der Waals surface area contributed by atoms with Gasteiger partial charge in [-0.25, -0.2) is 0 Å². The topological polar surface area (TPSA) is 20.3 Å². The molecular weight excluding hydrogens is 257 g/mol. The fraction of sp³-hybridized carbons (Fsp3) is 0.462. The molecule has 1 atom stereocenters. The van der Waals surface area contributed by atoms with E-state index in [1.807, 2.05) is 24.0 Å². The van der Waals surface area contributed by atoms with Gasteiger partial charge in [0.05, 0.1) is 10.0 Å². The van der Waals surface area contributed by atoms with Crippen LogP contribution in [0.3, 0.4) is 0 Å². The van der Waals surface area contributed by atoms with Gasteiger partial charge in [-0.15, -0.1) is 0 Å². The number of benzene rings is 1. The summed E-state index contributed by atoms with van der Waals surface area (Å²) in [6.45, 7) is 4.41. The molecule has 0 aromatic heterocycles. The van der Waals surface area contributed by atoms with Crippen molar-refractivity contribution < 1.29 is 4.79 Å². The lowest BCUT2D eigenvalue weighted by molar-refractivity contribution is -0.130. The van der Waals surface area contributed by atoms with E-state index in [1.165, 1.54) is 5.56 Å². The minimum Gasteiger partial charge on any atom is -0.340 e. The summed E-state index contributed by atoms with van der Waals surface area (Å²) < 4.78 is 0. The van der Waals surface area contributed by atoms with Crippen molar-refractivity contribution in [3.63, 3.8) is 0 Å². The highest BCUT2D eigenvalue weighted by Crippen LogP contribution is 2.32. The molecule has 0 radical (unpaired) electrons. The van der Waals surface area contributed by atoms with E-state index in [0.29, 0.717) is 10.0 Å². The lowest BCUT2D eigenvalue weighted by Crippen LogP contribution is -2.38. The van der Waals surface area contributed by atoms with Crippen LogP contribution >= 0.6 is 23.2 Å². The fourth-order valence-electron chi connectivity index (χ4n) is 2.42. The molecule has 0 aliphatic carbocycles. The number of carbonyl (C=O) groups excluding carboxylic acids is 1. The Balaban J connectivity index is 2.38. The number of carbonyl (C=O) groups is 1. The average Bonchev–Trinajstić information content (AvgIpc) is 2.43. The van der Waals surface area contributed by atoms with E-state index in [9.17, 15) is 4.79 Å². The Kier molecular flexibility index (Phi) is 3.64.